The highest BCUT2D eigenvalue weighted by atomic mass is 16.4. The van der Waals surface area contributed by atoms with Crippen molar-refractivity contribution in [2.75, 3.05) is 6.61 Å². The first-order valence-corrected chi connectivity index (χ1v) is 5.93. The third kappa shape index (κ3) is 4.36. The average molecular weight is 256 g/mol. The summed E-state index contributed by atoms with van der Waals surface area (Å²) in [6.45, 7) is -0.663. The van der Waals surface area contributed by atoms with Gasteiger partial charge in [-0.05, 0) is 18.4 Å². The maximum Gasteiger partial charge on any atom is 0.110 e. The zero-order valence-electron chi connectivity index (χ0n) is 10.1. The lowest BCUT2D eigenvalue weighted by molar-refractivity contribution is -0.116. The van der Waals surface area contributed by atoms with Crippen molar-refractivity contribution in [2.24, 2.45) is 0 Å². The molecule has 1 aromatic rings. The van der Waals surface area contributed by atoms with Crippen molar-refractivity contribution < 1.29 is 25.5 Å². The van der Waals surface area contributed by atoms with E-state index in [0.29, 0.717) is 6.42 Å². The van der Waals surface area contributed by atoms with Gasteiger partial charge in [0.25, 0.3) is 0 Å². The van der Waals surface area contributed by atoms with Gasteiger partial charge in [-0.15, -0.1) is 0 Å². The molecule has 18 heavy (non-hydrogen) atoms. The first-order chi connectivity index (χ1) is 8.56. The lowest BCUT2D eigenvalue weighted by Crippen LogP contribution is -2.45. The highest BCUT2D eigenvalue weighted by molar-refractivity contribution is 5.14. The van der Waals surface area contributed by atoms with Crippen LogP contribution in [0.25, 0.3) is 0 Å². The maximum absolute atomic E-state index is 9.69. The molecular formula is C13H20O5. The fraction of sp³-hybridized carbons (Fsp3) is 0.538. The molecule has 0 aliphatic carbocycles. The van der Waals surface area contributed by atoms with Gasteiger partial charge in [-0.25, -0.2) is 0 Å². The summed E-state index contributed by atoms with van der Waals surface area (Å²) in [6, 6.07) is 9.44. The van der Waals surface area contributed by atoms with E-state index in [4.69, 9.17) is 10.2 Å². The van der Waals surface area contributed by atoms with Crippen molar-refractivity contribution in [3.63, 3.8) is 0 Å². The summed E-state index contributed by atoms with van der Waals surface area (Å²) in [7, 11) is 0. The van der Waals surface area contributed by atoms with Gasteiger partial charge in [-0.2, -0.15) is 0 Å². The Balaban J connectivity index is 2.42. The molecule has 1 rings (SSSR count). The fourth-order valence-corrected chi connectivity index (χ4v) is 1.69. The molecule has 4 atom stereocenters. The van der Waals surface area contributed by atoms with Crippen LogP contribution in [-0.4, -0.2) is 56.6 Å². The molecule has 0 radical (unpaired) electrons. The Morgan fingerprint density at radius 1 is 0.833 bits per heavy atom. The second-order valence-corrected chi connectivity index (χ2v) is 4.32. The largest absolute Gasteiger partial charge is 0.394 e. The number of hydrogen-bond acceptors (Lipinski definition) is 5. The predicted molar refractivity (Wildman–Crippen MR) is 65.9 cm³/mol. The molecule has 5 heteroatoms. The van der Waals surface area contributed by atoms with Gasteiger partial charge in [-0.3, -0.25) is 0 Å². The molecule has 0 amide bonds. The first-order valence-electron chi connectivity index (χ1n) is 5.93. The molecule has 0 bridgehead atoms. The van der Waals surface area contributed by atoms with Crippen LogP contribution in [0.1, 0.15) is 12.0 Å². The minimum atomic E-state index is -1.55. The molecule has 0 aromatic heterocycles. The zero-order chi connectivity index (χ0) is 13.5. The Bertz CT molecular complexity index is 329. The monoisotopic (exact) mass is 256 g/mol. The van der Waals surface area contributed by atoms with Gasteiger partial charge in [-0.1, -0.05) is 30.3 Å². The number of hydrogen-bond donors (Lipinski definition) is 5. The molecule has 0 spiro atoms. The minimum Gasteiger partial charge on any atom is -0.394 e. The quantitative estimate of drug-likeness (QED) is 0.433. The minimum absolute atomic E-state index is 0.264. The number of aliphatic hydroxyl groups excluding tert-OH is 5. The standard InChI is InChI=1S/C13H20O5/c14-8-11(16)13(18)12(17)10(15)7-6-9-4-2-1-3-5-9/h1-5,10-18H,6-8H2. The summed E-state index contributed by atoms with van der Waals surface area (Å²) >= 11 is 0. The van der Waals surface area contributed by atoms with Gasteiger partial charge in [0.2, 0.25) is 0 Å². The van der Waals surface area contributed by atoms with E-state index in [1.54, 1.807) is 0 Å². The SMILES string of the molecule is OCC(O)C(O)C(O)C(O)CCc1ccccc1. The second kappa shape index (κ2) is 7.45. The van der Waals surface area contributed by atoms with Gasteiger partial charge in [0.05, 0.1) is 12.7 Å². The fourth-order valence-electron chi connectivity index (χ4n) is 1.69. The molecule has 1 aromatic carbocycles. The van der Waals surface area contributed by atoms with Crippen LogP contribution in [0, 0.1) is 0 Å². The number of benzene rings is 1. The molecule has 0 saturated carbocycles. The molecule has 5 N–H and O–H groups in total. The molecule has 5 nitrogen and oxygen atoms in total. The molecule has 0 saturated heterocycles. The topological polar surface area (TPSA) is 101 Å². The van der Waals surface area contributed by atoms with E-state index in [-0.39, 0.29) is 6.42 Å². The van der Waals surface area contributed by atoms with Crippen molar-refractivity contribution in [1.82, 2.24) is 0 Å². The van der Waals surface area contributed by atoms with E-state index >= 15 is 0 Å². The maximum atomic E-state index is 9.69. The smallest absolute Gasteiger partial charge is 0.110 e. The lowest BCUT2D eigenvalue weighted by Gasteiger charge is -2.25. The van der Waals surface area contributed by atoms with E-state index in [1.807, 2.05) is 30.3 Å². The molecule has 0 fully saturated rings. The Morgan fingerprint density at radius 2 is 1.39 bits per heavy atom. The van der Waals surface area contributed by atoms with Crippen molar-refractivity contribution in [3.8, 4) is 0 Å². The molecule has 0 aliphatic heterocycles. The Labute approximate surface area is 106 Å². The van der Waals surface area contributed by atoms with Gasteiger partial charge in [0, 0.05) is 0 Å². The van der Waals surface area contributed by atoms with Gasteiger partial charge < -0.3 is 25.5 Å². The highest BCUT2D eigenvalue weighted by Crippen LogP contribution is 2.11. The molecule has 0 heterocycles. The second-order valence-electron chi connectivity index (χ2n) is 4.32. The van der Waals surface area contributed by atoms with E-state index < -0.39 is 31.0 Å². The molecule has 0 aliphatic rings. The van der Waals surface area contributed by atoms with Gasteiger partial charge in [0.1, 0.15) is 18.3 Å². The van der Waals surface area contributed by atoms with Crippen LogP contribution in [0.2, 0.25) is 0 Å². The van der Waals surface area contributed by atoms with E-state index in [9.17, 15) is 15.3 Å². The van der Waals surface area contributed by atoms with Gasteiger partial charge >= 0.3 is 0 Å². The van der Waals surface area contributed by atoms with E-state index in [0.717, 1.165) is 5.56 Å². The van der Waals surface area contributed by atoms with Crippen molar-refractivity contribution in [3.05, 3.63) is 35.9 Å². The summed E-state index contributed by atoms with van der Waals surface area (Å²) in [5, 5.41) is 46.5. The van der Waals surface area contributed by atoms with Crippen LogP contribution in [0.5, 0.6) is 0 Å². The molecular weight excluding hydrogens is 236 g/mol. The summed E-state index contributed by atoms with van der Waals surface area (Å²) in [6.07, 6.45) is -4.81. The van der Waals surface area contributed by atoms with E-state index in [2.05, 4.69) is 0 Å². The summed E-state index contributed by atoms with van der Waals surface area (Å²) in [4.78, 5) is 0. The van der Waals surface area contributed by atoms with Crippen LogP contribution < -0.4 is 0 Å². The Kier molecular flexibility index (Phi) is 6.24. The molecule has 102 valence electrons. The van der Waals surface area contributed by atoms with E-state index in [1.165, 1.54) is 0 Å². The number of aryl methyl sites for hydroxylation is 1. The third-order valence-corrected chi connectivity index (χ3v) is 2.90. The van der Waals surface area contributed by atoms with Crippen molar-refractivity contribution in [1.29, 1.82) is 0 Å². The van der Waals surface area contributed by atoms with Crippen LogP contribution in [0.4, 0.5) is 0 Å². The Morgan fingerprint density at radius 3 is 1.94 bits per heavy atom. The van der Waals surface area contributed by atoms with Crippen LogP contribution >= 0.6 is 0 Å². The highest BCUT2D eigenvalue weighted by Gasteiger charge is 2.29. The van der Waals surface area contributed by atoms with Crippen LogP contribution in [-0.2, 0) is 6.42 Å². The third-order valence-electron chi connectivity index (χ3n) is 2.90. The van der Waals surface area contributed by atoms with Crippen molar-refractivity contribution >= 4 is 0 Å². The number of rotatable bonds is 7. The normalized spacial score (nSPS) is 18.1. The van der Waals surface area contributed by atoms with Crippen LogP contribution in [0.3, 0.4) is 0 Å². The summed E-state index contributed by atoms with van der Waals surface area (Å²) in [5.41, 5.74) is 1.01. The Hall–Kier alpha value is -0.980. The summed E-state index contributed by atoms with van der Waals surface area (Å²) < 4.78 is 0. The lowest BCUT2D eigenvalue weighted by atomic mass is 9.98. The van der Waals surface area contributed by atoms with Gasteiger partial charge in [0.15, 0.2) is 0 Å². The van der Waals surface area contributed by atoms with Crippen LogP contribution in [0.15, 0.2) is 30.3 Å². The number of aliphatic hydroxyl groups is 5. The van der Waals surface area contributed by atoms with Crippen molar-refractivity contribution in [2.45, 2.75) is 37.3 Å². The zero-order valence-corrected chi connectivity index (χ0v) is 10.1. The first kappa shape index (κ1) is 15.1. The predicted octanol–water partition coefficient (Wildman–Crippen LogP) is -0.945. The summed E-state index contributed by atoms with van der Waals surface area (Å²) in [5.74, 6) is 0. The molecule has 4 unspecified atom stereocenters. The average Bonchev–Trinajstić information content (AvgIpc) is 2.43.